The van der Waals surface area contributed by atoms with Crippen LogP contribution in [0.5, 0.6) is 0 Å². The van der Waals surface area contributed by atoms with E-state index in [0.717, 1.165) is 133 Å². The highest BCUT2D eigenvalue weighted by atomic mass is 16.1. The highest BCUT2D eigenvalue weighted by Crippen LogP contribution is 2.60. The van der Waals surface area contributed by atoms with Crippen LogP contribution in [0.25, 0.3) is 0 Å². The van der Waals surface area contributed by atoms with Gasteiger partial charge in [-0.3, -0.25) is 9.59 Å². The lowest BCUT2D eigenvalue weighted by molar-refractivity contribution is -0.143. The van der Waals surface area contributed by atoms with Gasteiger partial charge in [-0.15, -0.1) is 0 Å². The molecule has 4 aliphatic carbocycles. The van der Waals surface area contributed by atoms with E-state index in [2.05, 4.69) is 105 Å². The van der Waals surface area contributed by atoms with Crippen LogP contribution in [-0.2, 0) is 9.59 Å². The Morgan fingerprint density at radius 1 is 0.417 bits per heavy atom. The normalized spacial score (nSPS) is 22.6. The lowest BCUT2D eigenvalue weighted by atomic mass is 9.48. The van der Waals surface area contributed by atoms with Crippen molar-refractivity contribution in [3.63, 3.8) is 0 Å². The second-order valence-corrected chi connectivity index (χ2v) is 20.5. The van der Waals surface area contributed by atoms with Crippen LogP contribution in [0.3, 0.4) is 0 Å². The van der Waals surface area contributed by atoms with Gasteiger partial charge in [0.05, 0.1) is 0 Å². The van der Waals surface area contributed by atoms with Gasteiger partial charge in [0, 0.05) is 24.7 Å². The zero-order valence-electron chi connectivity index (χ0n) is 41.0. The Bertz CT molecular complexity index is 1570. The molecule has 60 heavy (non-hydrogen) atoms. The lowest BCUT2D eigenvalue weighted by Crippen LogP contribution is -2.50. The number of Topliss-reactive ketones (excluding diaryl/α,β-unsaturated/α-hetero) is 2. The van der Waals surface area contributed by atoms with E-state index >= 15 is 0 Å². The first-order valence-electron chi connectivity index (χ1n) is 25.0. The standard InChI is InChI=1S/C58H92O2/c1-11-54(32-18-29-49(10)27-16-25-47(8)23-14-21-45(5)6)55(36-37-57(60)58-41-51-38-52(42-58)40-53(39-51)43-58)35-34-50(31-19-33-56(59)12-2)30-17-28-48(9)26-15-24-46(7)22-13-20-44(3)4/h20-21,24-25,28-29,31,51-53H,11-19,22-23,26-27,30,32-43H2,1-10H3/b46-24+,47-25+,48-28+,49-29+,50-31-,55-54+. The van der Waals surface area contributed by atoms with Gasteiger partial charge in [-0.1, -0.05) is 107 Å². The molecule has 336 valence electrons. The summed E-state index contributed by atoms with van der Waals surface area (Å²) >= 11 is 0. The second kappa shape index (κ2) is 28.1. The maximum atomic E-state index is 14.3. The minimum Gasteiger partial charge on any atom is -0.300 e. The van der Waals surface area contributed by atoms with E-state index in [1.54, 1.807) is 11.1 Å². The molecule has 4 aliphatic rings. The second-order valence-electron chi connectivity index (χ2n) is 20.5. The first-order chi connectivity index (χ1) is 28.7. The molecule has 4 saturated carbocycles. The third-order valence-electron chi connectivity index (χ3n) is 14.4. The van der Waals surface area contributed by atoms with Crippen molar-refractivity contribution in [2.24, 2.45) is 23.2 Å². The molecule has 0 aromatic carbocycles. The molecule has 2 nitrogen and oxygen atoms in total. The molecule has 4 rings (SSSR count). The largest absolute Gasteiger partial charge is 0.300 e. The molecule has 0 spiro atoms. The molecule has 4 bridgehead atoms. The molecule has 0 saturated heterocycles. The van der Waals surface area contributed by atoms with Crippen molar-refractivity contribution in [2.45, 2.75) is 236 Å². The Hall–Kier alpha value is -2.74. The van der Waals surface area contributed by atoms with Crippen molar-refractivity contribution in [1.82, 2.24) is 0 Å². The van der Waals surface area contributed by atoms with Gasteiger partial charge in [0.1, 0.15) is 11.6 Å². The molecule has 0 heterocycles. The molecule has 0 aromatic rings. The van der Waals surface area contributed by atoms with Crippen LogP contribution in [-0.4, -0.2) is 11.6 Å². The van der Waals surface area contributed by atoms with E-state index in [9.17, 15) is 9.59 Å². The number of carbonyl (C=O) groups is 2. The monoisotopic (exact) mass is 821 g/mol. The number of rotatable bonds is 30. The SMILES string of the molecule is CCC(=O)CC/C=C(/CC/C=C(\C)CC/C=C(\C)CCC=C(C)C)CC/C(CCC(=O)C12CC3CC(CC(C3)C1)C2)=C(/CC)CC/C=C(\C)CC/C=C(\C)CCC=C(C)C. The van der Waals surface area contributed by atoms with Crippen LogP contribution in [0.2, 0.25) is 0 Å². The summed E-state index contributed by atoms with van der Waals surface area (Å²) in [5, 5.41) is 0. The summed E-state index contributed by atoms with van der Waals surface area (Å²) < 4.78 is 0. The average Bonchev–Trinajstić information content (AvgIpc) is 3.18. The van der Waals surface area contributed by atoms with Crippen LogP contribution < -0.4 is 0 Å². The third kappa shape index (κ3) is 20.0. The fraction of sp³-hybridized carbons (Fsp3) is 0.690. The van der Waals surface area contributed by atoms with Gasteiger partial charge >= 0.3 is 0 Å². The highest BCUT2D eigenvalue weighted by molar-refractivity contribution is 5.85. The van der Waals surface area contributed by atoms with E-state index in [4.69, 9.17) is 0 Å². The summed E-state index contributed by atoms with van der Waals surface area (Å²) in [6, 6.07) is 0. The molecule has 0 unspecified atom stereocenters. The van der Waals surface area contributed by atoms with Crippen molar-refractivity contribution in [3.05, 3.63) is 92.7 Å². The van der Waals surface area contributed by atoms with Crippen molar-refractivity contribution in [2.75, 3.05) is 0 Å². The molecule has 4 fully saturated rings. The zero-order valence-corrected chi connectivity index (χ0v) is 41.0. The molecular weight excluding hydrogens is 729 g/mol. The van der Waals surface area contributed by atoms with Crippen LogP contribution in [0, 0.1) is 23.2 Å². The fourth-order valence-corrected chi connectivity index (χ4v) is 11.0. The first kappa shape index (κ1) is 51.6. The Morgan fingerprint density at radius 3 is 1.25 bits per heavy atom. The van der Waals surface area contributed by atoms with Gasteiger partial charge in [0.2, 0.25) is 0 Å². The van der Waals surface area contributed by atoms with Crippen LogP contribution in [0.15, 0.2) is 92.7 Å². The van der Waals surface area contributed by atoms with E-state index in [1.165, 1.54) is 77.5 Å². The minimum atomic E-state index is -0.00832. The average molecular weight is 821 g/mol. The van der Waals surface area contributed by atoms with Crippen molar-refractivity contribution >= 4 is 11.6 Å². The molecule has 0 radical (unpaired) electrons. The van der Waals surface area contributed by atoms with Crippen molar-refractivity contribution in [1.29, 1.82) is 0 Å². The molecule has 0 aliphatic heterocycles. The number of hydrogen-bond acceptors (Lipinski definition) is 2. The number of ketones is 2. The van der Waals surface area contributed by atoms with Gasteiger partial charge in [-0.25, -0.2) is 0 Å². The zero-order chi connectivity index (χ0) is 43.9. The molecule has 2 heteroatoms. The number of hydrogen-bond donors (Lipinski definition) is 0. The lowest BCUT2D eigenvalue weighted by Gasteiger charge is -2.56. The van der Waals surface area contributed by atoms with Gasteiger partial charge in [0.15, 0.2) is 0 Å². The number of carbonyl (C=O) groups excluding carboxylic acids is 2. The molecule has 0 atom stereocenters. The molecule has 0 N–H and O–H groups in total. The fourth-order valence-electron chi connectivity index (χ4n) is 11.0. The Labute approximate surface area is 371 Å². The third-order valence-corrected chi connectivity index (χ3v) is 14.4. The first-order valence-corrected chi connectivity index (χ1v) is 25.0. The van der Waals surface area contributed by atoms with E-state index < -0.39 is 0 Å². The summed E-state index contributed by atoms with van der Waals surface area (Å²) in [7, 11) is 0. The topological polar surface area (TPSA) is 34.1 Å². The summed E-state index contributed by atoms with van der Waals surface area (Å²) in [5.41, 5.74) is 13.4. The van der Waals surface area contributed by atoms with E-state index in [0.29, 0.717) is 24.4 Å². The Kier molecular flexibility index (Phi) is 24.1. The van der Waals surface area contributed by atoms with E-state index in [-0.39, 0.29) is 5.41 Å². The summed E-state index contributed by atoms with van der Waals surface area (Å²) in [4.78, 5) is 26.6. The summed E-state index contributed by atoms with van der Waals surface area (Å²) in [6.07, 6.45) is 44.9. The van der Waals surface area contributed by atoms with Crippen LogP contribution >= 0.6 is 0 Å². The Balaban J connectivity index is 1.71. The van der Waals surface area contributed by atoms with Crippen LogP contribution in [0.4, 0.5) is 0 Å². The smallest absolute Gasteiger partial charge is 0.139 e. The summed E-state index contributed by atoms with van der Waals surface area (Å²) in [5.74, 6) is 3.38. The van der Waals surface area contributed by atoms with Gasteiger partial charge in [0.25, 0.3) is 0 Å². The van der Waals surface area contributed by atoms with E-state index in [1.807, 2.05) is 6.92 Å². The predicted octanol–water partition coefficient (Wildman–Crippen LogP) is 18.1. The minimum absolute atomic E-state index is 0.00832. The number of allylic oxidation sites excluding steroid dienone is 16. The van der Waals surface area contributed by atoms with Gasteiger partial charge in [-0.2, -0.15) is 0 Å². The summed E-state index contributed by atoms with van der Waals surface area (Å²) in [6.45, 7) is 22.2. The molecule has 0 aromatic heterocycles. The Morgan fingerprint density at radius 2 is 0.817 bits per heavy atom. The molecule has 0 amide bonds. The molecular formula is C58H92O2. The maximum Gasteiger partial charge on any atom is 0.139 e. The quantitative estimate of drug-likeness (QED) is 0.0677. The van der Waals surface area contributed by atoms with Gasteiger partial charge < -0.3 is 0 Å². The van der Waals surface area contributed by atoms with Gasteiger partial charge in [-0.05, 0) is 221 Å². The van der Waals surface area contributed by atoms with Crippen molar-refractivity contribution < 1.29 is 9.59 Å². The highest BCUT2D eigenvalue weighted by Gasteiger charge is 2.53. The maximum absolute atomic E-state index is 14.3. The van der Waals surface area contributed by atoms with Crippen LogP contribution in [0.1, 0.15) is 236 Å². The predicted molar refractivity (Wildman–Crippen MR) is 263 cm³/mol. The van der Waals surface area contributed by atoms with Crippen molar-refractivity contribution in [3.8, 4) is 0 Å².